The summed E-state index contributed by atoms with van der Waals surface area (Å²) in [5.41, 5.74) is 1.34. The smallest absolute Gasteiger partial charge is 0.127 e. The molecule has 1 heteroatoms. The van der Waals surface area contributed by atoms with E-state index in [0.717, 1.165) is 30.8 Å². The summed E-state index contributed by atoms with van der Waals surface area (Å²) in [4.78, 5) is 0. The Kier molecular flexibility index (Phi) is 6.16. The first-order chi connectivity index (χ1) is 8.30. The SMILES string of the molecule is C/C=C\C(=C/CCC)Oc1ccc(CC)cc1. The molecule has 0 aliphatic rings. The minimum atomic E-state index is 0.905. The lowest BCUT2D eigenvalue weighted by molar-refractivity contribution is 0.441. The third kappa shape index (κ3) is 4.90. The number of unbranched alkanes of at least 4 members (excludes halogenated alkanes) is 1. The van der Waals surface area contributed by atoms with Crippen LogP contribution in [0.25, 0.3) is 0 Å². The van der Waals surface area contributed by atoms with Crippen molar-refractivity contribution in [2.24, 2.45) is 0 Å². The molecule has 1 rings (SSSR count). The molecule has 0 bridgehead atoms. The maximum absolute atomic E-state index is 5.83. The van der Waals surface area contributed by atoms with Gasteiger partial charge in [-0.05, 0) is 49.6 Å². The average molecular weight is 230 g/mol. The second-order valence-electron chi connectivity index (χ2n) is 3.99. The van der Waals surface area contributed by atoms with E-state index < -0.39 is 0 Å². The Balaban J connectivity index is 2.71. The summed E-state index contributed by atoms with van der Waals surface area (Å²) in [6, 6.07) is 8.29. The monoisotopic (exact) mass is 230 g/mol. The van der Waals surface area contributed by atoms with Gasteiger partial charge in [0.15, 0.2) is 0 Å². The predicted molar refractivity (Wildman–Crippen MR) is 74.3 cm³/mol. The third-order valence-electron chi connectivity index (χ3n) is 2.53. The van der Waals surface area contributed by atoms with Crippen LogP contribution < -0.4 is 4.74 Å². The van der Waals surface area contributed by atoms with Gasteiger partial charge in [0, 0.05) is 0 Å². The van der Waals surface area contributed by atoms with Gasteiger partial charge in [-0.25, -0.2) is 0 Å². The van der Waals surface area contributed by atoms with Crippen molar-refractivity contribution in [2.45, 2.75) is 40.0 Å². The molecule has 0 unspecified atom stereocenters. The molecule has 92 valence electrons. The van der Waals surface area contributed by atoms with E-state index in [2.05, 4.69) is 32.1 Å². The number of allylic oxidation sites excluding steroid dienone is 3. The molecule has 1 nitrogen and oxygen atoms in total. The van der Waals surface area contributed by atoms with Crippen LogP contribution in [0.5, 0.6) is 5.75 Å². The number of rotatable bonds is 6. The molecular weight excluding hydrogens is 208 g/mol. The lowest BCUT2D eigenvalue weighted by Crippen LogP contribution is -1.92. The van der Waals surface area contributed by atoms with E-state index in [-0.39, 0.29) is 0 Å². The van der Waals surface area contributed by atoms with Gasteiger partial charge in [0.1, 0.15) is 11.5 Å². The van der Waals surface area contributed by atoms with Crippen LogP contribution in [0.2, 0.25) is 0 Å². The molecular formula is C16H22O. The summed E-state index contributed by atoms with van der Waals surface area (Å²) in [6.45, 7) is 6.32. The first-order valence-electron chi connectivity index (χ1n) is 6.39. The van der Waals surface area contributed by atoms with E-state index in [1.54, 1.807) is 0 Å². The van der Waals surface area contributed by atoms with Crippen LogP contribution in [0.3, 0.4) is 0 Å². The van der Waals surface area contributed by atoms with E-state index in [0.29, 0.717) is 0 Å². The zero-order valence-electron chi connectivity index (χ0n) is 11.1. The van der Waals surface area contributed by atoms with Crippen LogP contribution in [0, 0.1) is 0 Å². The average Bonchev–Trinajstić information content (AvgIpc) is 2.37. The van der Waals surface area contributed by atoms with E-state index in [9.17, 15) is 0 Å². The van der Waals surface area contributed by atoms with Crippen LogP contribution in [0.15, 0.2) is 48.3 Å². The molecule has 0 aliphatic carbocycles. The number of benzene rings is 1. The number of hydrogen-bond acceptors (Lipinski definition) is 1. The fourth-order valence-electron chi connectivity index (χ4n) is 1.52. The molecule has 0 aliphatic heterocycles. The van der Waals surface area contributed by atoms with Crippen LogP contribution in [0.1, 0.15) is 39.2 Å². The molecule has 0 saturated heterocycles. The Morgan fingerprint density at radius 3 is 2.41 bits per heavy atom. The predicted octanol–water partition coefficient (Wildman–Crippen LogP) is 4.89. The summed E-state index contributed by atoms with van der Waals surface area (Å²) < 4.78 is 5.83. The number of aryl methyl sites for hydroxylation is 1. The molecule has 0 radical (unpaired) electrons. The number of ether oxygens (including phenoxy) is 1. The first-order valence-corrected chi connectivity index (χ1v) is 6.39. The van der Waals surface area contributed by atoms with Crippen molar-refractivity contribution in [3.8, 4) is 5.75 Å². The summed E-state index contributed by atoms with van der Waals surface area (Å²) in [6.07, 6.45) is 9.39. The summed E-state index contributed by atoms with van der Waals surface area (Å²) in [5, 5.41) is 0. The van der Waals surface area contributed by atoms with Crippen molar-refractivity contribution in [1.29, 1.82) is 0 Å². The fraction of sp³-hybridized carbons (Fsp3) is 0.375. The van der Waals surface area contributed by atoms with Crippen LogP contribution >= 0.6 is 0 Å². The molecule has 0 saturated carbocycles. The molecule has 0 aromatic heterocycles. The minimum Gasteiger partial charge on any atom is -0.458 e. The molecule has 0 fully saturated rings. The summed E-state index contributed by atoms with van der Waals surface area (Å²) in [7, 11) is 0. The Morgan fingerprint density at radius 1 is 1.18 bits per heavy atom. The van der Waals surface area contributed by atoms with Gasteiger partial charge in [0.25, 0.3) is 0 Å². The summed E-state index contributed by atoms with van der Waals surface area (Å²) in [5.74, 6) is 1.83. The van der Waals surface area contributed by atoms with Gasteiger partial charge >= 0.3 is 0 Å². The van der Waals surface area contributed by atoms with Crippen molar-refractivity contribution >= 4 is 0 Å². The van der Waals surface area contributed by atoms with Gasteiger partial charge in [0.2, 0.25) is 0 Å². The lowest BCUT2D eigenvalue weighted by Gasteiger charge is -2.07. The lowest BCUT2D eigenvalue weighted by atomic mass is 10.2. The fourth-order valence-corrected chi connectivity index (χ4v) is 1.52. The Hall–Kier alpha value is -1.50. The Labute approximate surface area is 105 Å². The maximum Gasteiger partial charge on any atom is 0.127 e. The van der Waals surface area contributed by atoms with Crippen LogP contribution in [-0.2, 0) is 6.42 Å². The highest BCUT2D eigenvalue weighted by Gasteiger charge is 1.97. The highest BCUT2D eigenvalue weighted by molar-refractivity contribution is 5.30. The Morgan fingerprint density at radius 2 is 1.88 bits per heavy atom. The maximum atomic E-state index is 5.83. The molecule has 1 aromatic rings. The molecule has 0 heterocycles. The van der Waals surface area contributed by atoms with Gasteiger partial charge in [0.05, 0.1) is 0 Å². The van der Waals surface area contributed by atoms with Gasteiger partial charge < -0.3 is 4.74 Å². The van der Waals surface area contributed by atoms with Gasteiger partial charge in [-0.2, -0.15) is 0 Å². The van der Waals surface area contributed by atoms with E-state index in [4.69, 9.17) is 4.74 Å². The second-order valence-corrected chi connectivity index (χ2v) is 3.99. The standard InChI is InChI=1S/C16H22O/c1-4-7-9-15(8-5-2)17-16-12-10-14(6-3)11-13-16/h5,8-13H,4,6-7H2,1-3H3/b8-5-,15-9+. The van der Waals surface area contributed by atoms with E-state index in [1.807, 2.05) is 31.2 Å². The third-order valence-corrected chi connectivity index (χ3v) is 2.53. The van der Waals surface area contributed by atoms with Crippen LogP contribution in [0.4, 0.5) is 0 Å². The van der Waals surface area contributed by atoms with Crippen molar-refractivity contribution in [3.63, 3.8) is 0 Å². The van der Waals surface area contributed by atoms with Crippen molar-refractivity contribution < 1.29 is 4.74 Å². The highest BCUT2D eigenvalue weighted by Crippen LogP contribution is 2.16. The molecule has 0 amide bonds. The van der Waals surface area contributed by atoms with Crippen molar-refractivity contribution in [3.05, 3.63) is 53.8 Å². The molecule has 17 heavy (non-hydrogen) atoms. The van der Waals surface area contributed by atoms with Crippen molar-refractivity contribution in [2.75, 3.05) is 0 Å². The topological polar surface area (TPSA) is 9.23 Å². The molecule has 0 spiro atoms. The van der Waals surface area contributed by atoms with Crippen molar-refractivity contribution in [1.82, 2.24) is 0 Å². The highest BCUT2D eigenvalue weighted by atomic mass is 16.5. The minimum absolute atomic E-state index is 0.905. The summed E-state index contributed by atoms with van der Waals surface area (Å²) >= 11 is 0. The van der Waals surface area contributed by atoms with E-state index >= 15 is 0 Å². The zero-order chi connectivity index (χ0) is 12.5. The zero-order valence-corrected chi connectivity index (χ0v) is 11.1. The first kappa shape index (κ1) is 13.6. The van der Waals surface area contributed by atoms with Gasteiger partial charge in [-0.1, -0.05) is 38.5 Å². The molecule has 0 atom stereocenters. The second kappa shape index (κ2) is 7.72. The number of hydrogen-bond donors (Lipinski definition) is 0. The normalized spacial score (nSPS) is 12.1. The van der Waals surface area contributed by atoms with Gasteiger partial charge in [-0.15, -0.1) is 0 Å². The molecule has 0 N–H and O–H groups in total. The van der Waals surface area contributed by atoms with Gasteiger partial charge in [-0.3, -0.25) is 0 Å². The Bertz CT molecular complexity index is 371. The van der Waals surface area contributed by atoms with Crippen LogP contribution in [-0.4, -0.2) is 0 Å². The quantitative estimate of drug-likeness (QED) is 0.499. The van der Waals surface area contributed by atoms with E-state index in [1.165, 1.54) is 5.56 Å². The molecule has 1 aromatic carbocycles. The largest absolute Gasteiger partial charge is 0.458 e.